The fourth-order valence-corrected chi connectivity index (χ4v) is 6.61. The molecule has 0 bridgehead atoms. The average molecular weight is 597 g/mol. The molecule has 0 aliphatic carbocycles. The minimum atomic E-state index is -5.72. The SMILES string of the molecule is Nc1ncnc2c1ncn2[C@H]1O[C@H](COP(=O)(O)OP(=O)(O)OP(=O)(O)O)[C@@H](OCc2ccccc2)[C@H]1O. The minimum absolute atomic E-state index is 0.00973. The number of anilines is 1. The summed E-state index contributed by atoms with van der Waals surface area (Å²) in [6.45, 7) is -0.856. The predicted molar refractivity (Wildman–Crippen MR) is 124 cm³/mol. The van der Waals surface area contributed by atoms with Crippen LogP contribution in [0.25, 0.3) is 11.2 Å². The second-order valence-corrected chi connectivity index (χ2v) is 12.2. The van der Waals surface area contributed by atoms with Gasteiger partial charge in [-0.2, -0.15) is 8.62 Å². The molecular weight excluding hydrogens is 575 g/mol. The second kappa shape index (κ2) is 11.2. The van der Waals surface area contributed by atoms with Gasteiger partial charge in [-0.3, -0.25) is 9.09 Å². The topological polar surface area (TPSA) is 268 Å². The van der Waals surface area contributed by atoms with Gasteiger partial charge in [0.25, 0.3) is 0 Å². The first-order valence-electron chi connectivity index (χ1n) is 10.4. The maximum atomic E-state index is 12.2. The molecule has 0 saturated carbocycles. The van der Waals surface area contributed by atoms with Gasteiger partial charge in [0.15, 0.2) is 17.7 Å². The third-order valence-corrected chi connectivity index (χ3v) is 8.88. The Morgan fingerprint density at radius 2 is 1.71 bits per heavy atom. The lowest BCUT2D eigenvalue weighted by atomic mass is 10.1. The highest BCUT2D eigenvalue weighted by atomic mass is 31.3. The number of hydrogen-bond acceptors (Lipinski definition) is 13. The summed E-state index contributed by atoms with van der Waals surface area (Å²) in [5.41, 5.74) is 6.96. The number of nitrogens with zero attached hydrogens (tertiary/aromatic N) is 4. The number of aromatic nitrogens is 4. The van der Waals surface area contributed by atoms with Crippen LogP contribution in [-0.4, -0.2) is 69.1 Å². The number of phosphoric acid groups is 3. The van der Waals surface area contributed by atoms with Crippen molar-refractivity contribution in [2.24, 2.45) is 0 Å². The van der Waals surface area contributed by atoms with Crippen molar-refractivity contribution in [1.82, 2.24) is 19.5 Å². The van der Waals surface area contributed by atoms with E-state index in [1.165, 1.54) is 17.2 Å². The molecule has 0 spiro atoms. The number of aliphatic hydroxyl groups excluding tert-OH is 1. The molecule has 1 fully saturated rings. The summed E-state index contributed by atoms with van der Waals surface area (Å²) < 4.78 is 59.7. The maximum absolute atomic E-state index is 12.2. The summed E-state index contributed by atoms with van der Waals surface area (Å²) in [4.78, 5) is 48.5. The molecule has 2 aromatic heterocycles. The van der Waals surface area contributed by atoms with Gasteiger partial charge >= 0.3 is 23.5 Å². The van der Waals surface area contributed by atoms with Gasteiger partial charge in [0.2, 0.25) is 0 Å². The number of nitrogens with two attached hydrogens (primary N) is 1. The van der Waals surface area contributed by atoms with Crippen molar-refractivity contribution in [1.29, 1.82) is 0 Å². The number of rotatable bonds is 11. The van der Waals surface area contributed by atoms with Crippen molar-refractivity contribution in [2.75, 3.05) is 12.3 Å². The molecule has 1 aromatic carbocycles. The summed E-state index contributed by atoms with van der Waals surface area (Å²) in [6, 6.07) is 8.82. The molecule has 208 valence electrons. The smallest absolute Gasteiger partial charge is 0.386 e. The molecule has 38 heavy (non-hydrogen) atoms. The number of hydrogen-bond donors (Lipinski definition) is 6. The molecule has 0 radical (unpaired) electrons. The molecule has 0 amide bonds. The third-order valence-electron chi connectivity index (χ3n) is 5.07. The molecule has 1 aliphatic heterocycles. The highest BCUT2D eigenvalue weighted by Crippen LogP contribution is 2.66. The van der Waals surface area contributed by atoms with E-state index in [1.54, 1.807) is 30.3 Å². The second-order valence-electron chi connectivity index (χ2n) is 7.79. The van der Waals surface area contributed by atoms with Crippen molar-refractivity contribution >= 4 is 40.4 Å². The predicted octanol–water partition coefficient (Wildman–Crippen LogP) is 0.595. The Kier molecular flexibility index (Phi) is 8.47. The molecule has 21 heteroatoms. The molecule has 7 N–H and O–H groups in total. The average Bonchev–Trinajstić information content (AvgIpc) is 3.36. The number of ether oxygens (including phenoxy) is 2. The quantitative estimate of drug-likeness (QED) is 0.165. The number of imidazole rings is 1. The highest BCUT2D eigenvalue weighted by Gasteiger charge is 2.48. The van der Waals surface area contributed by atoms with Crippen LogP contribution in [0.1, 0.15) is 11.8 Å². The first-order valence-corrected chi connectivity index (χ1v) is 15.0. The number of benzene rings is 1. The van der Waals surface area contributed by atoms with Crippen LogP contribution >= 0.6 is 23.5 Å². The summed E-state index contributed by atoms with van der Waals surface area (Å²) >= 11 is 0. The van der Waals surface area contributed by atoms with Crippen LogP contribution in [0.3, 0.4) is 0 Å². The van der Waals surface area contributed by atoms with Gasteiger partial charge in [-0.1, -0.05) is 30.3 Å². The molecule has 6 atom stereocenters. The monoisotopic (exact) mass is 597 g/mol. The number of nitrogen functional groups attached to an aromatic ring is 1. The van der Waals surface area contributed by atoms with Crippen molar-refractivity contribution in [3.05, 3.63) is 48.5 Å². The lowest BCUT2D eigenvalue weighted by Gasteiger charge is -2.22. The fourth-order valence-electron chi connectivity index (χ4n) is 3.58. The Morgan fingerprint density at radius 3 is 2.39 bits per heavy atom. The van der Waals surface area contributed by atoms with Gasteiger partial charge in [0.1, 0.15) is 30.2 Å². The van der Waals surface area contributed by atoms with E-state index in [2.05, 4.69) is 23.6 Å². The Labute approximate surface area is 213 Å². The van der Waals surface area contributed by atoms with Crippen LogP contribution in [-0.2, 0) is 42.9 Å². The normalized spacial score (nSPS) is 25.3. The van der Waals surface area contributed by atoms with Crippen molar-refractivity contribution in [3.63, 3.8) is 0 Å². The summed E-state index contributed by atoms with van der Waals surface area (Å²) in [6.07, 6.45) is -2.63. The minimum Gasteiger partial charge on any atom is -0.386 e. The first-order chi connectivity index (χ1) is 17.7. The lowest BCUT2D eigenvalue weighted by Crippen LogP contribution is -2.36. The number of phosphoric ester groups is 1. The van der Waals surface area contributed by atoms with Crippen LogP contribution in [0, 0.1) is 0 Å². The van der Waals surface area contributed by atoms with Crippen LogP contribution in [0.4, 0.5) is 5.82 Å². The van der Waals surface area contributed by atoms with E-state index in [0.717, 1.165) is 5.56 Å². The van der Waals surface area contributed by atoms with Crippen LogP contribution in [0.5, 0.6) is 0 Å². The Morgan fingerprint density at radius 1 is 1.00 bits per heavy atom. The van der Waals surface area contributed by atoms with E-state index >= 15 is 0 Å². The Balaban J connectivity index is 1.54. The van der Waals surface area contributed by atoms with E-state index in [1.807, 2.05) is 0 Å². The summed E-state index contributed by atoms with van der Waals surface area (Å²) in [7, 11) is -16.7. The zero-order valence-corrected chi connectivity index (χ0v) is 21.7. The first kappa shape index (κ1) is 28.9. The Bertz CT molecular complexity index is 1420. The maximum Gasteiger partial charge on any atom is 0.490 e. The van der Waals surface area contributed by atoms with Gasteiger partial charge in [-0.15, -0.1) is 0 Å². The highest BCUT2D eigenvalue weighted by molar-refractivity contribution is 7.66. The standard InChI is InChI=1S/C17H22N5O13P3/c18-15-12-16(20-8-19-15)22(9-21-12)17-13(23)14(31-6-10-4-2-1-3-5-10)11(33-17)7-32-37(27,28)35-38(29,30)34-36(24,25)26/h1-5,8-9,11,13-14,17,23H,6-7H2,(H,27,28)(H,29,30)(H2,18,19,20)(H2,24,25,26)/t11-,13-,14-,17+/m1/s1. The van der Waals surface area contributed by atoms with Crippen LogP contribution in [0.15, 0.2) is 43.0 Å². The van der Waals surface area contributed by atoms with Gasteiger partial charge < -0.3 is 39.9 Å². The van der Waals surface area contributed by atoms with Gasteiger partial charge in [-0.05, 0) is 5.56 Å². The third kappa shape index (κ3) is 7.08. The molecule has 1 saturated heterocycles. The van der Waals surface area contributed by atoms with E-state index in [4.69, 9.17) is 29.5 Å². The molecule has 18 nitrogen and oxygen atoms in total. The van der Waals surface area contributed by atoms with Gasteiger partial charge in [0, 0.05) is 0 Å². The van der Waals surface area contributed by atoms with Crippen molar-refractivity contribution in [2.45, 2.75) is 31.1 Å². The zero-order valence-electron chi connectivity index (χ0n) is 19.0. The van der Waals surface area contributed by atoms with Crippen LogP contribution in [0.2, 0.25) is 0 Å². The molecule has 3 aromatic rings. The van der Waals surface area contributed by atoms with Gasteiger partial charge in [0.05, 0.1) is 19.5 Å². The number of fused-ring (bicyclic) bond motifs is 1. The molecule has 2 unspecified atom stereocenters. The fraction of sp³-hybridized carbons (Fsp3) is 0.353. The van der Waals surface area contributed by atoms with Crippen molar-refractivity contribution < 1.29 is 61.0 Å². The molecular formula is C17H22N5O13P3. The van der Waals surface area contributed by atoms with E-state index in [-0.39, 0.29) is 23.6 Å². The van der Waals surface area contributed by atoms with E-state index < -0.39 is 54.6 Å². The van der Waals surface area contributed by atoms with E-state index in [0.29, 0.717) is 0 Å². The number of aliphatic hydroxyl groups is 1. The Hall–Kier alpha value is -2.14. The molecule has 3 heterocycles. The van der Waals surface area contributed by atoms with Crippen LogP contribution < -0.4 is 5.73 Å². The molecule has 1 aliphatic rings. The lowest BCUT2D eigenvalue weighted by molar-refractivity contribution is -0.0639. The van der Waals surface area contributed by atoms with E-state index in [9.17, 15) is 28.6 Å². The zero-order chi connectivity index (χ0) is 27.7. The largest absolute Gasteiger partial charge is 0.490 e. The van der Waals surface area contributed by atoms with Crippen molar-refractivity contribution in [3.8, 4) is 0 Å². The van der Waals surface area contributed by atoms with Gasteiger partial charge in [-0.25, -0.2) is 28.6 Å². The molecule has 4 rings (SSSR count). The summed E-state index contributed by atoms with van der Waals surface area (Å²) in [5, 5.41) is 11.1. The summed E-state index contributed by atoms with van der Waals surface area (Å²) in [5.74, 6) is 0.0716.